The van der Waals surface area contributed by atoms with Crippen LogP contribution in [0.2, 0.25) is 0 Å². The summed E-state index contributed by atoms with van der Waals surface area (Å²) in [5.41, 5.74) is 1.72. The zero-order chi connectivity index (χ0) is 18.1. The molecule has 0 radical (unpaired) electrons. The number of benzene rings is 1. The number of carbonyl (C=O) groups is 1. The van der Waals surface area contributed by atoms with E-state index < -0.39 is 0 Å². The van der Waals surface area contributed by atoms with Crippen LogP contribution in [0.15, 0.2) is 60.0 Å². The van der Waals surface area contributed by atoms with Crippen LogP contribution in [-0.4, -0.2) is 34.8 Å². The molecule has 9 heteroatoms. The van der Waals surface area contributed by atoms with E-state index >= 15 is 0 Å². The van der Waals surface area contributed by atoms with E-state index in [0.29, 0.717) is 17.0 Å². The van der Waals surface area contributed by atoms with Crippen LogP contribution in [0.1, 0.15) is 0 Å². The molecule has 1 amide bonds. The SMILES string of the molecule is Cn1c(=O)n(CC(=O)Nc2cccnc2-n2cncn2)c2ccccc21. The predicted octanol–water partition coefficient (Wildman–Crippen LogP) is 0.954. The van der Waals surface area contributed by atoms with Gasteiger partial charge in [-0.05, 0) is 24.3 Å². The van der Waals surface area contributed by atoms with Gasteiger partial charge in [-0.25, -0.2) is 19.4 Å². The fourth-order valence-electron chi connectivity index (χ4n) is 2.84. The Kier molecular flexibility index (Phi) is 3.81. The van der Waals surface area contributed by atoms with Gasteiger partial charge in [0.15, 0.2) is 5.82 Å². The zero-order valence-electron chi connectivity index (χ0n) is 13.9. The largest absolute Gasteiger partial charge is 0.329 e. The number of imidazole rings is 1. The van der Waals surface area contributed by atoms with E-state index in [1.165, 1.54) is 26.5 Å². The molecule has 3 aromatic heterocycles. The van der Waals surface area contributed by atoms with Gasteiger partial charge in [0.2, 0.25) is 5.91 Å². The minimum absolute atomic E-state index is 0.105. The first-order chi connectivity index (χ1) is 12.6. The molecule has 0 atom stereocenters. The Morgan fingerprint density at radius 3 is 2.73 bits per heavy atom. The first-order valence-corrected chi connectivity index (χ1v) is 7.89. The summed E-state index contributed by atoms with van der Waals surface area (Å²) in [6.07, 6.45) is 4.48. The van der Waals surface area contributed by atoms with Crippen LogP contribution in [-0.2, 0) is 18.4 Å². The quantitative estimate of drug-likeness (QED) is 0.591. The summed E-state index contributed by atoms with van der Waals surface area (Å²) >= 11 is 0. The number of nitrogens with one attached hydrogen (secondary N) is 1. The van der Waals surface area contributed by atoms with Crippen LogP contribution in [0, 0.1) is 0 Å². The van der Waals surface area contributed by atoms with Gasteiger partial charge < -0.3 is 5.32 Å². The highest BCUT2D eigenvalue weighted by Gasteiger charge is 2.15. The third kappa shape index (κ3) is 2.65. The van der Waals surface area contributed by atoms with E-state index in [1.807, 2.05) is 24.3 Å². The number of rotatable bonds is 4. The lowest BCUT2D eigenvalue weighted by Gasteiger charge is -2.10. The molecular formula is C17H15N7O2. The van der Waals surface area contributed by atoms with Gasteiger partial charge in [-0.1, -0.05) is 12.1 Å². The Hall–Kier alpha value is -3.75. The molecule has 0 fully saturated rings. The second kappa shape index (κ2) is 6.28. The second-order valence-corrected chi connectivity index (χ2v) is 5.68. The smallest absolute Gasteiger partial charge is 0.321 e. The first-order valence-electron chi connectivity index (χ1n) is 7.89. The molecule has 0 aliphatic carbocycles. The summed E-state index contributed by atoms with van der Waals surface area (Å²) in [6, 6.07) is 10.8. The lowest BCUT2D eigenvalue weighted by atomic mass is 10.3. The molecule has 0 aliphatic heterocycles. The van der Waals surface area contributed by atoms with Gasteiger partial charge in [-0.15, -0.1) is 0 Å². The van der Waals surface area contributed by atoms with Crippen molar-refractivity contribution in [3.05, 3.63) is 65.7 Å². The molecule has 0 bridgehead atoms. The number of fused-ring (bicyclic) bond motifs is 1. The van der Waals surface area contributed by atoms with Gasteiger partial charge in [-0.3, -0.25) is 13.9 Å². The summed E-state index contributed by atoms with van der Waals surface area (Å²) in [4.78, 5) is 33.1. The number of carbonyl (C=O) groups excluding carboxylic acids is 1. The molecule has 4 aromatic rings. The van der Waals surface area contributed by atoms with E-state index in [1.54, 1.807) is 25.4 Å². The number of amides is 1. The van der Waals surface area contributed by atoms with Crippen LogP contribution < -0.4 is 11.0 Å². The van der Waals surface area contributed by atoms with E-state index in [4.69, 9.17) is 0 Å². The van der Waals surface area contributed by atoms with Crippen LogP contribution >= 0.6 is 0 Å². The minimum atomic E-state index is -0.335. The van der Waals surface area contributed by atoms with Crippen molar-refractivity contribution in [3.63, 3.8) is 0 Å². The number of hydrogen-bond donors (Lipinski definition) is 1. The Balaban J connectivity index is 1.64. The average molecular weight is 349 g/mol. The molecule has 130 valence electrons. The summed E-state index contributed by atoms with van der Waals surface area (Å²) in [6.45, 7) is -0.105. The summed E-state index contributed by atoms with van der Waals surface area (Å²) in [5.74, 6) is 0.112. The zero-order valence-corrected chi connectivity index (χ0v) is 13.9. The maximum atomic E-state index is 12.6. The summed E-state index contributed by atoms with van der Waals surface area (Å²) in [7, 11) is 1.68. The molecule has 0 saturated carbocycles. The van der Waals surface area contributed by atoms with E-state index in [9.17, 15) is 9.59 Å². The van der Waals surface area contributed by atoms with Crippen molar-refractivity contribution >= 4 is 22.6 Å². The van der Waals surface area contributed by atoms with Gasteiger partial charge in [0, 0.05) is 13.2 Å². The van der Waals surface area contributed by atoms with Crippen molar-refractivity contribution < 1.29 is 4.79 Å². The number of anilines is 1. The van der Waals surface area contributed by atoms with Gasteiger partial charge >= 0.3 is 5.69 Å². The average Bonchev–Trinajstić information content (AvgIpc) is 3.26. The van der Waals surface area contributed by atoms with Crippen molar-refractivity contribution in [2.75, 3.05) is 5.32 Å². The standard InChI is InChI=1S/C17H15N7O2/c1-22-13-6-2-3-7-14(13)23(17(22)26)9-15(25)21-12-5-4-8-19-16(12)24-11-18-10-20-24/h2-8,10-11H,9H2,1H3,(H,21,25). The minimum Gasteiger partial charge on any atom is -0.321 e. The van der Waals surface area contributed by atoms with Crippen LogP contribution in [0.3, 0.4) is 0 Å². The molecule has 4 rings (SSSR count). The van der Waals surface area contributed by atoms with Crippen molar-refractivity contribution in [2.45, 2.75) is 6.54 Å². The highest BCUT2D eigenvalue weighted by Crippen LogP contribution is 2.16. The van der Waals surface area contributed by atoms with Crippen molar-refractivity contribution in [3.8, 4) is 5.82 Å². The number of aryl methyl sites for hydroxylation is 1. The van der Waals surface area contributed by atoms with E-state index in [0.717, 1.165) is 5.52 Å². The lowest BCUT2D eigenvalue weighted by molar-refractivity contribution is -0.116. The highest BCUT2D eigenvalue weighted by molar-refractivity contribution is 5.93. The number of aromatic nitrogens is 6. The Morgan fingerprint density at radius 1 is 1.15 bits per heavy atom. The third-order valence-corrected chi connectivity index (χ3v) is 4.05. The number of para-hydroxylation sites is 2. The lowest BCUT2D eigenvalue weighted by Crippen LogP contribution is -2.28. The van der Waals surface area contributed by atoms with E-state index in [2.05, 4.69) is 20.4 Å². The highest BCUT2D eigenvalue weighted by atomic mass is 16.2. The van der Waals surface area contributed by atoms with Crippen molar-refractivity contribution in [1.82, 2.24) is 28.9 Å². The molecule has 1 N–H and O–H groups in total. The normalized spacial score (nSPS) is 11.0. The molecular weight excluding hydrogens is 334 g/mol. The second-order valence-electron chi connectivity index (χ2n) is 5.68. The fraction of sp³-hybridized carbons (Fsp3) is 0.118. The Morgan fingerprint density at radius 2 is 1.96 bits per heavy atom. The Bertz CT molecular complexity index is 1140. The maximum absolute atomic E-state index is 12.6. The van der Waals surface area contributed by atoms with Gasteiger partial charge in [-0.2, -0.15) is 5.10 Å². The molecule has 26 heavy (non-hydrogen) atoms. The fourth-order valence-corrected chi connectivity index (χ4v) is 2.84. The molecule has 0 spiro atoms. The molecule has 0 saturated heterocycles. The van der Waals surface area contributed by atoms with Crippen molar-refractivity contribution in [2.24, 2.45) is 7.05 Å². The van der Waals surface area contributed by atoms with Crippen LogP contribution in [0.5, 0.6) is 0 Å². The van der Waals surface area contributed by atoms with Crippen LogP contribution in [0.25, 0.3) is 16.9 Å². The predicted molar refractivity (Wildman–Crippen MR) is 95.0 cm³/mol. The van der Waals surface area contributed by atoms with Gasteiger partial charge in [0.1, 0.15) is 19.2 Å². The monoisotopic (exact) mass is 349 g/mol. The van der Waals surface area contributed by atoms with Gasteiger partial charge in [0.25, 0.3) is 0 Å². The topological polar surface area (TPSA) is 99.6 Å². The van der Waals surface area contributed by atoms with Crippen molar-refractivity contribution in [1.29, 1.82) is 0 Å². The Labute approximate surface area is 147 Å². The molecule has 0 unspecified atom stereocenters. The number of pyridine rings is 1. The third-order valence-electron chi connectivity index (χ3n) is 4.05. The van der Waals surface area contributed by atoms with Gasteiger partial charge in [0.05, 0.1) is 16.7 Å². The molecule has 0 aliphatic rings. The molecule has 3 heterocycles. The van der Waals surface area contributed by atoms with Crippen LogP contribution in [0.4, 0.5) is 5.69 Å². The summed E-state index contributed by atoms with van der Waals surface area (Å²) in [5, 5.41) is 6.82. The maximum Gasteiger partial charge on any atom is 0.329 e. The molecule has 1 aromatic carbocycles. The number of hydrogen-bond acceptors (Lipinski definition) is 5. The molecule has 9 nitrogen and oxygen atoms in total. The van der Waals surface area contributed by atoms with E-state index in [-0.39, 0.29) is 18.1 Å². The first kappa shape index (κ1) is 15.8. The summed E-state index contributed by atoms with van der Waals surface area (Å²) < 4.78 is 4.42. The number of nitrogens with zero attached hydrogens (tertiary/aromatic N) is 6.